The maximum Gasteiger partial charge on any atom is 0.0146 e. The van der Waals surface area contributed by atoms with Gasteiger partial charge in [-0.25, -0.2) is 0 Å². The molecule has 428 valence electrons. The van der Waals surface area contributed by atoms with Gasteiger partial charge in [0.15, 0.2) is 0 Å². The Kier molecular flexibility index (Phi) is 24.4. The summed E-state index contributed by atoms with van der Waals surface area (Å²) in [5.41, 5.74) is 23.4. The van der Waals surface area contributed by atoms with Crippen LogP contribution >= 0.6 is 38.8 Å². The van der Waals surface area contributed by atoms with E-state index in [4.69, 9.17) is 38.8 Å². The molecule has 0 aromatic heterocycles. The maximum absolute atomic E-state index is 11.5. The molecule has 2 aliphatic rings. The van der Waals surface area contributed by atoms with Gasteiger partial charge in [0.25, 0.3) is 0 Å². The number of sulfone groups is 1. The minimum absolute atomic E-state index is 0.118. The molecule has 2 heterocycles. The molecule has 2 saturated heterocycles. The molecule has 0 radical (unpaired) electrons. The molecule has 2 N–H and O–H groups in total. The summed E-state index contributed by atoms with van der Waals surface area (Å²) in [5, 5.41) is 0. The Balaban J connectivity index is 0.000000195. The number of aromatic hydroxyl groups is 2. The van der Waals surface area contributed by atoms with E-state index in [9.17, 15) is 8.42 Å². The van der Waals surface area contributed by atoms with Crippen LogP contribution in [0.1, 0.15) is 106 Å². The summed E-state index contributed by atoms with van der Waals surface area (Å²) in [7, 11) is 20.1. The van der Waals surface area contributed by atoms with Crippen LogP contribution in [0.4, 0.5) is 22.7 Å². The summed E-state index contributed by atoms with van der Waals surface area (Å²) in [6.45, 7) is 43.1. The van der Waals surface area contributed by atoms with E-state index < -0.39 is 36.9 Å². The zero-order valence-corrected chi connectivity index (χ0v) is 55.9. The summed E-state index contributed by atoms with van der Waals surface area (Å²) in [5.74, 6) is 1.69. The number of benzene rings is 6. The van der Waals surface area contributed by atoms with Crippen LogP contribution in [0.25, 0.3) is 0 Å². The average Bonchev–Trinajstić information content (AvgIpc) is 4.01. The third kappa shape index (κ3) is 18.6. The number of anilines is 4. The van der Waals surface area contributed by atoms with Crippen molar-refractivity contribution < 1.29 is 44.9 Å². The van der Waals surface area contributed by atoms with E-state index in [-0.39, 0.29) is 17.1 Å². The van der Waals surface area contributed by atoms with Crippen LogP contribution in [0.5, 0.6) is 11.5 Å². The Bertz CT molecular complexity index is 2900. The molecular weight excluding hydrogens is 1250 g/mol. The second kappa shape index (κ2) is 29.3. The number of nitrogens with zero attached hydrogens (tertiary/aromatic N) is 4. The van der Waals surface area contributed by atoms with E-state index in [1.165, 1.54) is 95.8 Å². The zero-order valence-electron chi connectivity index (χ0n) is 48.6. The first kappa shape index (κ1) is 65.0. The molecule has 0 saturated carbocycles. The number of hydrogen-bond acceptors (Lipinski definition) is 6. The molecule has 0 aliphatic carbocycles. The average molecular weight is 1340 g/mol. The molecule has 2 fully saturated rings. The molecule has 0 bridgehead atoms. The van der Waals surface area contributed by atoms with E-state index in [1.54, 1.807) is 22.8 Å². The van der Waals surface area contributed by atoms with Crippen molar-refractivity contribution in [2.45, 2.75) is 128 Å². The number of hydrogen-bond donors (Lipinski definition) is 0. The SMILES string of the molecule is CC(C)[OH+]c1ccc(S(C)(=O)=O)cc1[CH]=[Ru]([Cl])[Cl].CC(C)[OH+]c1ccccc1[CH]=[Ru]([Cl])[Cl].Cc1cc(C)c(N2[CH-]N(c3c(C)cc(C)cc3C)CC2)c(C)c1.Cc1cc(C)c(N2[CH-]N(c3c(C)cc(C)cc3C)CC2)c(C)c1. The van der Waals surface area contributed by atoms with Crippen molar-refractivity contribution in [3.05, 3.63) is 182 Å². The topological polar surface area (TPSA) is 72.7 Å². The summed E-state index contributed by atoms with van der Waals surface area (Å²) in [4.78, 5) is 9.87. The molecule has 2 aliphatic heterocycles. The van der Waals surface area contributed by atoms with E-state index in [0.29, 0.717) is 5.56 Å². The van der Waals surface area contributed by atoms with Crippen molar-refractivity contribution in [2.24, 2.45) is 0 Å². The van der Waals surface area contributed by atoms with Crippen molar-refractivity contribution in [3.63, 3.8) is 0 Å². The van der Waals surface area contributed by atoms with E-state index in [1.807, 2.05) is 56.6 Å². The monoisotopic (exact) mass is 1330 g/mol. The fourth-order valence-electron chi connectivity index (χ4n) is 10.6. The van der Waals surface area contributed by atoms with Crippen LogP contribution in [-0.2, 0) is 36.9 Å². The van der Waals surface area contributed by atoms with Gasteiger partial charge in [-0.3, -0.25) is 0 Å². The number of ether oxygens (including phenoxy) is 2. The second-order valence-corrected chi connectivity index (χ2v) is 34.6. The Morgan fingerprint density at radius 3 is 1.01 bits per heavy atom. The first-order valence-corrected chi connectivity index (χ1v) is 39.0. The summed E-state index contributed by atoms with van der Waals surface area (Å²) in [6.07, 6.45) is 1.57. The number of halogens is 4. The molecule has 0 unspecified atom stereocenters. The standard InChI is InChI=1S/2C21H27N2.C11H14O3S.C10H12O.4ClH.2Ru/c2*1-14-9-16(3)20(17(4)10-14)22-7-8-23(13-22)21-18(5)11-15(2)12-19(21)6;1-8(2)14-11-6-5-10(7-9(11)3)15(4,12)13;1-8(2)11-10-7-5-4-6-9(10)3;;;;;;/h2*9-13H,7-8H2,1-6H3;3,5-8H,1-2,4H3;3-8H,1-2H3;4*1H;;/q2*-1;;;;;;;2*+2/p-2. The molecule has 15 heteroatoms. The third-order valence-electron chi connectivity index (χ3n) is 12.9. The van der Waals surface area contributed by atoms with Crippen LogP contribution in [-0.4, -0.2) is 71.8 Å². The Hall–Kier alpha value is -3.78. The van der Waals surface area contributed by atoms with Crippen molar-refractivity contribution in [2.75, 3.05) is 52.0 Å². The Labute approximate surface area is 494 Å². The number of aliphatic hydroxyl groups is 2. The molecule has 6 aromatic carbocycles. The fraction of sp³-hybridized carbons (Fsp3) is 0.365. The van der Waals surface area contributed by atoms with Crippen molar-refractivity contribution in [1.29, 1.82) is 0 Å². The van der Waals surface area contributed by atoms with Crippen molar-refractivity contribution in [1.82, 2.24) is 0 Å². The van der Waals surface area contributed by atoms with Crippen LogP contribution in [0.15, 0.2) is 95.9 Å². The Morgan fingerprint density at radius 2 is 0.731 bits per heavy atom. The molecule has 0 atom stereocenters. The fourth-order valence-corrected chi connectivity index (χ4v) is 14.8. The molecule has 0 amide bonds. The predicted octanol–water partition coefficient (Wildman–Crippen LogP) is 16.2. The van der Waals surface area contributed by atoms with Gasteiger partial charge in [-0.2, -0.15) is 13.3 Å². The Morgan fingerprint density at radius 1 is 0.449 bits per heavy atom. The molecular formula is C63H82Cl4N4O4Ru2S. The normalized spacial score (nSPS) is 13.6. The summed E-state index contributed by atoms with van der Waals surface area (Å²) < 4.78 is 35.6. The summed E-state index contributed by atoms with van der Waals surface area (Å²) >= 11 is -3.77. The summed E-state index contributed by atoms with van der Waals surface area (Å²) in [6, 6.07) is 31.0. The number of rotatable bonds is 11. The van der Waals surface area contributed by atoms with Gasteiger partial charge in [-0.05, 0) is 128 Å². The van der Waals surface area contributed by atoms with Gasteiger partial charge < -0.3 is 19.6 Å². The molecule has 0 spiro atoms. The van der Waals surface area contributed by atoms with Gasteiger partial charge in [0.05, 0.1) is 0 Å². The maximum atomic E-state index is 11.5. The van der Waals surface area contributed by atoms with E-state index >= 15 is 0 Å². The first-order chi connectivity index (χ1) is 36.5. The molecule has 6 aromatic rings. The minimum Gasteiger partial charge on any atom is -0.502 e. The first-order valence-electron chi connectivity index (χ1n) is 26.1. The van der Waals surface area contributed by atoms with Gasteiger partial charge in [0.2, 0.25) is 0 Å². The number of para-hydroxylation sites is 1. The van der Waals surface area contributed by atoms with E-state index in [2.05, 4.69) is 174 Å². The quantitative estimate of drug-likeness (QED) is 0.0731. The zero-order chi connectivity index (χ0) is 57.9. The van der Waals surface area contributed by atoms with Crippen molar-refractivity contribution in [3.8, 4) is 11.5 Å². The minimum atomic E-state index is -3.24. The van der Waals surface area contributed by atoms with Crippen LogP contribution < -0.4 is 19.6 Å². The molecule has 8 nitrogen and oxygen atoms in total. The van der Waals surface area contributed by atoms with Gasteiger partial charge in [0.1, 0.15) is 0 Å². The smallest absolute Gasteiger partial charge is 0.0146 e. The van der Waals surface area contributed by atoms with E-state index in [0.717, 1.165) is 43.2 Å². The van der Waals surface area contributed by atoms with Crippen molar-refractivity contribution >= 4 is 80.6 Å². The predicted molar refractivity (Wildman–Crippen MR) is 334 cm³/mol. The molecule has 78 heavy (non-hydrogen) atoms. The molecule has 8 rings (SSSR count). The van der Waals surface area contributed by atoms with Gasteiger partial charge in [0, 0.05) is 48.9 Å². The van der Waals surface area contributed by atoms with Crippen LogP contribution in [0.3, 0.4) is 0 Å². The van der Waals surface area contributed by atoms with Crippen LogP contribution in [0.2, 0.25) is 0 Å². The van der Waals surface area contributed by atoms with Gasteiger partial charge in [-0.15, -0.1) is 0 Å². The number of aryl methyl sites for hydroxylation is 12. The second-order valence-electron chi connectivity index (χ2n) is 21.1. The third-order valence-corrected chi connectivity index (χ3v) is 17.7. The largest absolute Gasteiger partial charge is 0.502 e. The van der Waals surface area contributed by atoms with Crippen LogP contribution in [0, 0.1) is 96.4 Å². The van der Waals surface area contributed by atoms with Gasteiger partial charge >= 0.3 is 219 Å². The van der Waals surface area contributed by atoms with Gasteiger partial charge in [-0.1, -0.05) is 70.8 Å².